The zero-order chi connectivity index (χ0) is 20.0. The minimum absolute atomic E-state index is 0.515. The van der Waals surface area contributed by atoms with E-state index in [0.29, 0.717) is 25.5 Å². The van der Waals surface area contributed by atoms with Gasteiger partial charge in [0.05, 0.1) is 17.8 Å². The maximum absolute atomic E-state index is 12.6. The second-order valence-corrected chi connectivity index (χ2v) is 6.28. The van der Waals surface area contributed by atoms with Crippen molar-refractivity contribution in [2.75, 3.05) is 13.6 Å². The Hall–Kier alpha value is -3.09. The molecule has 0 aliphatic carbocycles. The van der Waals surface area contributed by atoms with Gasteiger partial charge in [0.1, 0.15) is 0 Å². The predicted octanol–water partition coefficient (Wildman–Crippen LogP) is 4.16. The molecule has 2 N–H and O–H groups in total. The van der Waals surface area contributed by atoms with E-state index in [1.807, 2.05) is 30.3 Å². The van der Waals surface area contributed by atoms with Gasteiger partial charge in [-0.25, -0.2) is 0 Å². The number of guanidine groups is 1. The van der Waals surface area contributed by atoms with E-state index in [4.69, 9.17) is 0 Å². The molecule has 0 spiro atoms. The lowest BCUT2D eigenvalue weighted by atomic mass is 10.1. The van der Waals surface area contributed by atoms with Crippen LogP contribution in [0, 0.1) is 0 Å². The molecule has 0 atom stereocenters. The maximum Gasteiger partial charge on any atom is 0.416 e. The van der Waals surface area contributed by atoms with E-state index in [2.05, 4.69) is 20.6 Å². The van der Waals surface area contributed by atoms with Crippen LogP contribution in [0.4, 0.5) is 13.2 Å². The molecular formula is C21H21F3N4. The first-order chi connectivity index (χ1) is 13.5. The van der Waals surface area contributed by atoms with Gasteiger partial charge in [-0.1, -0.05) is 36.4 Å². The average molecular weight is 386 g/mol. The number of hydrogen-bond donors (Lipinski definition) is 2. The Bertz CT molecular complexity index is 945. The highest BCUT2D eigenvalue weighted by Crippen LogP contribution is 2.29. The number of benzene rings is 2. The molecule has 0 saturated heterocycles. The minimum Gasteiger partial charge on any atom is -0.356 e. The van der Waals surface area contributed by atoms with Crippen molar-refractivity contribution in [2.45, 2.75) is 19.1 Å². The summed E-state index contributed by atoms with van der Waals surface area (Å²) >= 11 is 0. The highest BCUT2D eigenvalue weighted by Gasteiger charge is 2.29. The molecule has 0 aliphatic heterocycles. The van der Waals surface area contributed by atoms with Gasteiger partial charge >= 0.3 is 6.18 Å². The summed E-state index contributed by atoms with van der Waals surface area (Å²) < 4.78 is 37.8. The fourth-order valence-corrected chi connectivity index (χ4v) is 2.90. The molecule has 1 aromatic heterocycles. The van der Waals surface area contributed by atoms with E-state index in [9.17, 15) is 13.2 Å². The van der Waals surface area contributed by atoms with Gasteiger partial charge in [-0.05, 0) is 35.6 Å². The molecule has 7 heteroatoms. The van der Waals surface area contributed by atoms with Gasteiger partial charge in [0, 0.05) is 25.2 Å². The SMILES string of the molecule is CN=C(NCCc1ccc(C(F)(F)F)cc1)NCc1nccc2ccccc12. The average Bonchev–Trinajstić information content (AvgIpc) is 2.70. The summed E-state index contributed by atoms with van der Waals surface area (Å²) in [5, 5.41) is 8.60. The summed E-state index contributed by atoms with van der Waals surface area (Å²) in [5.41, 5.74) is 1.11. The van der Waals surface area contributed by atoms with Gasteiger partial charge in [0.2, 0.25) is 0 Å². The highest BCUT2D eigenvalue weighted by molar-refractivity contribution is 5.85. The second-order valence-electron chi connectivity index (χ2n) is 6.28. The topological polar surface area (TPSA) is 49.3 Å². The molecule has 0 aliphatic rings. The number of alkyl halides is 3. The van der Waals surface area contributed by atoms with Crippen LogP contribution < -0.4 is 10.6 Å². The normalized spacial score (nSPS) is 12.2. The second kappa shape index (κ2) is 8.73. The summed E-state index contributed by atoms with van der Waals surface area (Å²) in [6.45, 7) is 1.06. The van der Waals surface area contributed by atoms with Crippen molar-refractivity contribution in [2.24, 2.45) is 4.99 Å². The van der Waals surface area contributed by atoms with Gasteiger partial charge in [-0.2, -0.15) is 13.2 Å². The smallest absolute Gasteiger partial charge is 0.356 e. The molecule has 3 aromatic rings. The lowest BCUT2D eigenvalue weighted by Crippen LogP contribution is -2.38. The highest BCUT2D eigenvalue weighted by atomic mass is 19.4. The van der Waals surface area contributed by atoms with E-state index >= 15 is 0 Å². The Kier molecular flexibility index (Phi) is 6.13. The number of hydrogen-bond acceptors (Lipinski definition) is 2. The van der Waals surface area contributed by atoms with Crippen molar-refractivity contribution in [3.8, 4) is 0 Å². The number of rotatable bonds is 5. The fourth-order valence-electron chi connectivity index (χ4n) is 2.90. The molecule has 2 aromatic carbocycles. The number of nitrogens with zero attached hydrogens (tertiary/aromatic N) is 2. The number of aromatic nitrogens is 1. The molecular weight excluding hydrogens is 365 g/mol. The van der Waals surface area contributed by atoms with Crippen molar-refractivity contribution in [1.29, 1.82) is 0 Å². The Morgan fingerprint density at radius 3 is 2.46 bits per heavy atom. The van der Waals surface area contributed by atoms with E-state index in [-0.39, 0.29) is 0 Å². The standard InChI is InChI=1S/C21H21F3N4/c1-25-20(27-12-10-15-6-8-17(9-7-15)21(22,23)24)28-14-19-18-5-3-2-4-16(18)11-13-26-19/h2-9,11,13H,10,12,14H2,1H3,(H2,25,27,28). The van der Waals surface area contributed by atoms with Gasteiger partial charge in [0.15, 0.2) is 5.96 Å². The van der Waals surface area contributed by atoms with E-state index < -0.39 is 11.7 Å². The number of halogens is 3. The van der Waals surface area contributed by atoms with Crippen molar-refractivity contribution in [3.63, 3.8) is 0 Å². The molecule has 4 nitrogen and oxygen atoms in total. The number of nitrogens with one attached hydrogen (secondary N) is 2. The molecule has 28 heavy (non-hydrogen) atoms. The van der Waals surface area contributed by atoms with Crippen LogP contribution >= 0.6 is 0 Å². The quantitative estimate of drug-likeness (QED) is 0.511. The van der Waals surface area contributed by atoms with Crippen LogP contribution in [-0.4, -0.2) is 24.5 Å². The van der Waals surface area contributed by atoms with Crippen LogP contribution in [0.25, 0.3) is 10.8 Å². The summed E-state index contributed by atoms with van der Waals surface area (Å²) in [7, 11) is 1.67. The van der Waals surface area contributed by atoms with Crippen LogP contribution in [0.5, 0.6) is 0 Å². The first-order valence-electron chi connectivity index (χ1n) is 8.90. The largest absolute Gasteiger partial charge is 0.416 e. The molecule has 146 valence electrons. The van der Waals surface area contributed by atoms with E-state index in [0.717, 1.165) is 34.2 Å². The molecule has 0 bridgehead atoms. The molecule has 0 fully saturated rings. The minimum atomic E-state index is -4.31. The first-order valence-corrected chi connectivity index (χ1v) is 8.90. The monoisotopic (exact) mass is 386 g/mol. The van der Waals surface area contributed by atoms with Crippen LogP contribution in [0.3, 0.4) is 0 Å². The van der Waals surface area contributed by atoms with Crippen molar-refractivity contribution >= 4 is 16.7 Å². The number of pyridine rings is 1. The van der Waals surface area contributed by atoms with E-state index in [1.54, 1.807) is 13.2 Å². The van der Waals surface area contributed by atoms with Crippen molar-refractivity contribution < 1.29 is 13.2 Å². The molecule has 0 amide bonds. The van der Waals surface area contributed by atoms with Crippen LogP contribution in [0.15, 0.2) is 65.8 Å². The summed E-state index contributed by atoms with van der Waals surface area (Å²) in [5.74, 6) is 0.613. The summed E-state index contributed by atoms with van der Waals surface area (Å²) in [6, 6.07) is 15.2. The Labute approximate surface area is 161 Å². The molecule has 1 heterocycles. The zero-order valence-corrected chi connectivity index (χ0v) is 15.4. The first kappa shape index (κ1) is 19.7. The number of aliphatic imine (C=N–C) groups is 1. The van der Waals surface area contributed by atoms with Gasteiger partial charge in [-0.3, -0.25) is 9.98 Å². The molecule has 0 radical (unpaired) electrons. The van der Waals surface area contributed by atoms with Gasteiger partial charge < -0.3 is 10.6 Å². The van der Waals surface area contributed by atoms with Crippen LogP contribution in [-0.2, 0) is 19.1 Å². The Balaban J connectivity index is 1.52. The predicted molar refractivity (Wildman–Crippen MR) is 105 cm³/mol. The zero-order valence-electron chi connectivity index (χ0n) is 15.4. The molecule has 0 saturated carbocycles. The third-order valence-corrected chi connectivity index (χ3v) is 4.39. The van der Waals surface area contributed by atoms with Crippen LogP contribution in [0.1, 0.15) is 16.8 Å². The third kappa shape index (κ3) is 5.00. The molecule has 0 unspecified atom stereocenters. The van der Waals surface area contributed by atoms with Gasteiger partial charge in [0.25, 0.3) is 0 Å². The lowest BCUT2D eigenvalue weighted by Gasteiger charge is -2.13. The van der Waals surface area contributed by atoms with Gasteiger partial charge in [-0.15, -0.1) is 0 Å². The summed E-state index contributed by atoms with van der Waals surface area (Å²) in [6.07, 6.45) is -1.94. The number of fused-ring (bicyclic) bond motifs is 1. The third-order valence-electron chi connectivity index (χ3n) is 4.39. The van der Waals surface area contributed by atoms with E-state index in [1.165, 1.54) is 12.1 Å². The van der Waals surface area contributed by atoms with Crippen molar-refractivity contribution in [1.82, 2.24) is 15.6 Å². The fraction of sp³-hybridized carbons (Fsp3) is 0.238. The maximum atomic E-state index is 12.6. The Morgan fingerprint density at radius 1 is 1.00 bits per heavy atom. The van der Waals surface area contributed by atoms with Crippen LogP contribution in [0.2, 0.25) is 0 Å². The Morgan fingerprint density at radius 2 is 1.75 bits per heavy atom. The lowest BCUT2D eigenvalue weighted by molar-refractivity contribution is -0.137. The van der Waals surface area contributed by atoms with Crippen molar-refractivity contribution in [3.05, 3.63) is 77.6 Å². The molecule has 3 rings (SSSR count). The summed E-state index contributed by atoms with van der Waals surface area (Å²) in [4.78, 5) is 8.61.